The van der Waals surface area contributed by atoms with Crippen LogP contribution in [0.2, 0.25) is 0 Å². The topological polar surface area (TPSA) is 22.1 Å². The summed E-state index contributed by atoms with van der Waals surface area (Å²) in [6.45, 7) is 1.79. The molecule has 0 aliphatic heterocycles. The Labute approximate surface area is 137 Å². The fourth-order valence-corrected chi connectivity index (χ4v) is 2.26. The SMILES string of the molecule is Cc1ccc(COc2cccc(-c3cc(F)ccc3F)n2)c(F)c1. The molecule has 2 aromatic carbocycles. The quantitative estimate of drug-likeness (QED) is 0.668. The van der Waals surface area contributed by atoms with E-state index in [1.807, 2.05) is 0 Å². The van der Waals surface area contributed by atoms with Crippen molar-refractivity contribution >= 4 is 0 Å². The summed E-state index contributed by atoms with van der Waals surface area (Å²) < 4.78 is 46.4. The molecule has 3 aromatic rings. The summed E-state index contributed by atoms with van der Waals surface area (Å²) in [5.74, 6) is -1.29. The third-order valence-electron chi connectivity index (χ3n) is 3.51. The van der Waals surface area contributed by atoms with Crippen LogP contribution in [-0.4, -0.2) is 4.98 Å². The van der Waals surface area contributed by atoms with Crippen LogP contribution < -0.4 is 4.74 Å². The normalized spacial score (nSPS) is 10.7. The molecule has 122 valence electrons. The van der Waals surface area contributed by atoms with Crippen LogP contribution in [0.3, 0.4) is 0 Å². The number of ether oxygens (including phenoxy) is 1. The maximum Gasteiger partial charge on any atom is 0.214 e. The molecule has 0 fully saturated rings. The van der Waals surface area contributed by atoms with Crippen LogP contribution in [0.5, 0.6) is 5.88 Å². The fraction of sp³-hybridized carbons (Fsp3) is 0.105. The molecule has 1 heterocycles. The largest absolute Gasteiger partial charge is 0.473 e. The van der Waals surface area contributed by atoms with Crippen LogP contribution in [0.15, 0.2) is 54.6 Å². The Balaban J connectivity index is 1.82. The van der Waals surface area contributed by atoms with Crippen molar-refractivity contribution in [1.29, 1.82) is 0 Å². The highest BCUT2D eigenvalue weighted by atomic mass is 19.1. The Hall–Kier alpha value is -2.82. The maximum atomic E-state index is 13.8. The second kappa shape index (κ2) is 6.74. The van der Waals surface area contributed by atoms with Gasteiger partial charge < -0.3 is 4.74 Å². The summed E-state index contributed by atoms with van der Waals surface area (Å²) in [4.78, 5) is 4.16. The van der Waals surface area contributed by atoms with Gasteiger partial charge in [0.15, 0.2) is 0 Å². The van der Waals surface area contributed by atoms with Crippen molar-refractivity contribution < 1.29 is 17.9 Å². The van der Waals surface area contributed by atoms with Crippen molar-refractivity contribution in [3.8, 4) is 17.1 Å². The Morgan fingerprint density at radius 3 is 2.54 bits per heavy atom. The van der Waals surface area contributed by atoms with Gasteiger partial charge in [-0.05, 0) is 42.8 Å². The molecule has 5 heteroatoms. The minimum absolute atomic E-state index is 0.00575. The number of aryl methyl sites for hydroxylation is 1. The highest BCUT2D eigenvalue weighted by Crippen LogP contribution is 2.24. The summed E-state index contributed by atoms with van der Waals surface area (Å²) in [5.41, 5.74) is 1.50. The molecule has 0 aliphatic carbocycles. The molecule has 0 saturated heterocycles. The van der Waals surface area contributed by atoms with Gasteiger partial charge in [0.1, 0.15) is 24.1 Å². The highest BCUT2D eigenvalue weighted by Gasteiger charge is 2.10. The smallest absolute Gasteiger partial charge is 0.214 e. The first-order chi connectivity index (χ1) is 11.5. The number of halogens is 3. The molecule has 0 saturated carbocycles. The predicted octanol–water partition coefficient (Wildman–Crippen LogP) is 5.05. The Bertz CT molecular complexity index is 880. The molecular weight excluding hydrogens is 315 g/mol. The first-order valence-electron chi connectivity index (χ1n) is 7.33. The van der Waals surface area contributed by atoms with E-state index < -0.39 is 11.6 Å². The molecule has 0 radical (unpaired) electrons. The van der Waals surface area contributed by atoms with E-state index in [4.69, 9.17) is 4.74 Å². The van der Waals surface area contributed by atoms with Crippen molar-refractivity contribution in [3.05, 3.63) is 83.2 Å². The number of benzene rings is 2. The van der Waals surface area contributed by atoms with E-state index >= 15 is 0 Å². The van der Waals surface area contributed by atoms with Gasteiger partial charge in [0.2, 0.25) is 5.88 Å². The lowest BCUT2D eigenvalue weighted by molar-refractivity contribution is 0.288. The number of hydrogen-bond acceptors (Lipinski definition) is 2. The van der Waals surface area contributed by atoms with E-state index in [1.54, 1.807) is 37.3 Å². The summed E-state index contributed by atoms with van der Waals surface area (Å²) in [6.07, 6.45) is 0. The van der Waals surface area contributed by atoms with E-state index in [-0.39, 0.29) is 29.6 Å². The zero-order chi connectivity index (χ0) is 17.1. The van der Waals surface area contributed by atoms with Gasteiger partial charge >= 0.3 is 0 Å². The molecule has 1 aromatic heterocycles. The monoisotopic (exact) mass is 329 g/mol. The Morgan fingerprint density at radius 1 is 0.917 bits per heavy atom. The fourth-order valence-electron chi connectivity index (χ4n) is 2.26. The van der Waals surface area contributed by atoms with Crippen LogP contribution in [0.1, 0.15) is 11.1 Å². The van der Waals surface area contributed by atoms with E-state index in [0.717, 1.165) is 23.8 Å². The van der Waals surface area contributed by atoms with E-state index in [9.17, 15) is 13.2 Å². The lowest BCUT2D eigenvalue weighted by atomic mass is 10.1. The number of aromatic nitrogens is 1. The van der Waals surface area contributed by atoms with E-state index in [0.29, 0.717) is 5.56 Å². The van der Waals surface area contributed by atoms with Crippen LogP contribution in [0, 0.1) is 24.4 Å². The number of rotatable bonds is 4. The summed E-state index contributed by atoms with van der Waals surface area (Å²) in [5, 5.41) is 0. The predicted molar refractivity (Wildman–Crippen MR) is 85.1 cm³/mol. The van der Waals surface area contributed by atoms with Gasteiger partial charge in [0, 0.05) is 17.2 Å². The van der Waals surface area contributed by atoms with Crippen LogP contribution in [0.25, 0.3) is 11.3 Å². The van der Waals surface area contributed by atoms with Gasteiger partial charge in [0.05, 0.1) is 5.69 Å². The summed E-state index contributed by atoms with van der Waals surface area (Å²) in [6, 6.07) is 12.7. The van der Waals surface area contributed by atoms with Gasteiger partial charge in [-0.3, -0.25) is 0 Å². The summed E-state index contributed by atoms with van der Waals surface area (Å²) in [7, 11) is 0. The van der Waals surface area contributed by atoms with Gasteiger partial charge in [-0.2, -0.15) is 0 Å². The van der Waals surface area contributed by atoms with Gasteiger partial charge in [0.25, 0.3) is 0 Å². The first-order valence-corrected chi connectivity index (χ1v) is 7.33. The zero-order valence-corrected chi connectivity index (χ0v) is 12.9. The van der Waals surface area contributed by atoms with Crippen LogP contribution >= 0.6 is 0 Å². The van der Waals surface area contributed by atoms with Crippen LogP contribution in [0.4, 0.5) is 13.2 Å². The minimum atomic E-state index is -0.578. The average Bonchev–Trinajstić information content (AvgIpc) is 2.56. The lowest BCUT2D eigenvalue weighted by Gasteiger charge is -2.09. The third kappa shape index (κ3) is 3.56. The van der Waals surface area contributed by atoms with E-state index in [2.05, 4.69) is 4.98 Å². The summed E-state index contributed by atoms with van der Waals surface area (Å²) >= 11 is 0. The van der Waals surface area contributed by atoms with Gasteiger partial charge in [-0.1, -0.05) is 18.2 Å². The molecular formula is C19H14F3NO. The van der Waals surface area contributed by atoms with Crippen LogP contribution in [-0.2, 0) is 6.61 Å². The second-order valence-electron chi connectivity index (χ2n) is 5.37. The van der Waals surface area contributed by atoms with Crippen molar-refractivity contribution in [1.82, 2.24) is 4.98 Å². The second-order valence-corrected chi connectivity index (χ2v) is 5.37. The third-order valence-corrected chi connectivity index (χ3v) is 3.51. The molecule has 0 bridgehead atoms. The van der Waals surface area contributed by atoms with Crippen molar-refractivity contribution in [2.75, 3.05) is 0 Å². The van der Waals surface area contributed by atoms with E-state index in [1.165, 1.54) is 6.07 Å². The van der Waals surface area contributed by atoms with Crippen molar-refractivity contribution in [2.45, 2.75) is 13.5 Å². The maximum absolute atomic E-state index is 13.8. The number of nitrogens with zero attached hydrogens (tertiary/aromatic N) is 1. The number of pyridine rings is 1. The molecule has 3 rings (SSSR count). The average molecular weight is 329 g/mol. The molecule has 0 aliphatic rings. The Kier molecular flexibility index (Phi) is 4.51. The first kappa shape index (κ1) is 16.1. The minimum Gasteiger partial charge on any atom is -0.473 e. The molecule has 2 nitrogen and oxygen atoms in total. The molecule has 0 unspecified atom stereocenters. The zero-order valence-electron chi connectivity index (χ0n) is 12.9. The van der Waals surface area contributed by atoms with Crippen molar-refractivity contribution in [2.24, 2.45) is 0 Å². The molecule has 0 spiro atoms. The standard InChI is InChI=1S/C19H14F3NO/c1-12-5-6-13(17(22)9-12)11-24-19-4-2-3-18(23-19)15-10-14(20)7-8-16(15)21/h2-10H,11H2,1H3. The van der Waals surface area contributed by atoms with Gasteiger partial charge in [-0.25, -0.2) is 18.2 Å². The molecule has 0 N–H and O–H groups in total. The van der Waals surface area contributed by atoms with Crippen molar-refractivity contribution in [3.63, 3.8) is 0 Å². The molecule has 0 atom stereocenters. The van der Waals surface area contributed by atoms with Gasteiger partial charge in [-0.15, -0.1) is 0 Å². The molecule has 24 heavy (non-hydrogen) atoms. The lowest BCUT2D eigenvalue weighted by Crippen LogP contribution is -2.01. The highest BCUT2D eigenvalue weighted by molar-refractivity contribution is 5.60. The Morgan fingerprint density at radius 2 is 1.75 bits per heavy atom. The number of hydrogen-bond donors (Lipinski definition) is 0. The molecule has 0 amide bonds.